The van der Waals surface area contributed by atoms with Crippen LogP contribution in [0.5, 0.6) is 5.75 Å². The average Bonchev–Trinajstić information content (AvgIpc) is 2.38. The summed E-state index contributed by atoms with van der Waals surface area (Å²) < 4.78 is 6.13. The van der Waals surface area contributed by atoms with Gasteiger partial charge in [-0.15, -0.1) is 0 Å². The largest absolute Gasteiger partial charge is 0.497 e. The zero-order valence-corrected chi connectivity index (χ0v) is 12.6. The van der Waals surface area contributed by atoms with Gasteiger partial charge in [0.1, 0.15) is 5.75 Å². The van der Waals surface area contributed by atoms with Gasteiger partial charge in [0, 0.05) is 10.9 Å². The van der Waals surface area contributed by atoms with Crippen molar-refractivity contribution in [1.29, 1.82) is 0 Å². The molecule has 0 aliphatic rings. The zero-order valence-electron chi connectivity index (χ0n) is 11.1. The molecule has 0 saturated heterocycles. The molecule has 1 atom stereocenters. The molecule has 0 fully saturated rings. The molecule has 100 valence electrons. The van der Waals surface area contributed by atoms with Gasteiger partial charge in [0.15, 0.2) is 0 Å². The van der Waals surface area contributed by atoms with Gasteiger partial charge in [0.05, 0.1) is 12.7 Å². The van der Waals surface area contributed by atoms with Crippen LogP contribution in [-0.4, -0.2) is 12.2 Å². The fraction of sp³-hybridized carbons (Fsp3) is 0.250. The fourth-order valence-electron chi connectivity index (χ4n) is 2.17. The van der Waals surface area contributed by atoms with Crippen LogP contribution in [0.4, 0.5) is 0 Å². The zero-order chi connectivity index (χ0) is 13.9. The maximum Gasteiger partial charge on any atom is 0.119 e. The minimum Gasteiger partial charge on any atom is -0.497 e. The first-order valence-corrected chi connectivity index (χ1v) is 6.92. The van der Waals surface area contributed by atoms with E-state index in [1.165, 1.54) is 0 Å². The van der Waals surface area contributed by atoms with Gasteiger partial charge in [-0.2, -0.15) is 0 Å². The van der Waals surface area contributed by atoms with E-state index in [0.29, 0.717) is 6.42 Å². The quantitative estimate of drug-likeness (QED) is 0.925. The highest BCUT2D eigenvalue weighted by molar-refractivity contribution is 9.10. The number of hydrogen-bond acceptors (Lipinski definition) is 2. The van der Waals surface area contributed by atoms with Crippen LogP contribution in [0.15, 0.2) is 53.0 Å². The van der Waals surface area contributed by atoms with Crippen LogP contribution in [0.2, 0.25) is 0 Å². The van der Waals surface area contributed by atoms with E-state index in [9.17, 15) is 5.11 Å². The highest BCUT2D eigenvalue weighted by Gasteiger charge is 2.25. The second-order valence-corrected chi connectivity index (χ2v) is 5.64. The molecule has 0 spiro atoms. The Bertz CT molecular complexity index is 564. The summed E-state index contributed by atoms with van der Waals surface area (Å²) in [6.45, 7) is 1.83. The average molecular weight is 321 g/mol. The molecule has 0 heterocycles. The number of hydrogen-bond donors (Lipinski definition) is 1. The Morgan fingerprint density at radius 3 is 2.58 bits per heavy atom. The lowest BCUT2D eigenvalue weighted by Gasteiger charge is -2.25. The molecule has 2 rings (SSSR count). The highest BCUT2D eigenvalue weighted by atomic mass is 79.9. The summed E-state index contributed by atoms with van der Waals surface area (Å²) in [7, 11) is 1.64. The molecule has 0 bridgehead atoms. The van der Waals surface area contributed by atoms with Crippen molar-refractivity contribution in [2.75, 3.05) is 7.11 Å². The standard InChI is InChI=1S/C16H17BrO2/c1-16(18,14-8-3-4-9-15(14)17)11-12-6-5-7-13(10-12)19-2/h3-10,18H,11H2,1-2H3. The molecule has 0 aliphatic heterocycles. The number of rotatable bonds is 4. The molecule has 0 aliphatic carbocycles. The molecule has 0 aromatic heterocycles. The van der Waals surface area contributed by atoms with Crippen LogP contribution in [0, 0.1) is 0 Å². The Morgan fingerprint density at radius 2 is 1.89 bits per heavy atom. The third kappa shape index (κ3) is 3.37. The Hall–Kier alpha value is -1.32. The van der Waals surface area contributed by atoms with E-state index in [-0.39, 0.29) is 0 Å². The summed E-state index contributed by atoms with van der Waals surface area (Å²) in [5.41, 5.74) is 1.00. The topological polar surface area (TPSA) is 29.5 Å². The second-order valence-electron chi connectivity index (χ2n) is 4.78. The number of aliphatic hydroxyl groups is 1. The van der Waals surface area contributed by atoms with Gasteiger partial charge in [-0.25, -0.2) is 0 Å². The molecule has 2 aromatic carbocycles. The number of methoxy groups -OCH3 is 1. The van der Waals surface area contributed by atoms with Crippen LogP contribution in [0.1, 0.15) is 18.1 Å². The Labute approximate surface area is 122 Å². The first kappa shape index (κ1) is 14.1. The SMILES string of the molecule is COc1cccc(CC(C)(O)c2ccccc2Br)c1. The molecule has 1 N–H and O–H groups in total. The van der Waals surface area contributed by atoms with E-state index in [0.717, 1.165) is 21.3 Å². The normalized spacial score (nSPS) is 13.9. The molecule has 1 unspecified atom stereocenters. The smallest absolute Gasteiger partial charge is 0.119 e. The maximum absolute atomic E-state index is 10.7. The monoisotopic (exact) mass is 320 g/mol. The van der Waals surface area contributed by atoms with Crippen molar-refractivity contribution in [2.24, 2.45) is 0 Å². The number of benzene rings is 2. The summed E-state index contributed by atoms with van der Waals surface area (Å²) in [4.78, 5) is 0. The first-order chi connectivity index (χ1) is 9.03. The van der Waals surface area contributed by atoms with Gasteiger partial charge in [0.25, 0.3) is 0 Å². The summed E-state index contributed by atoms with van der Waals surface area (Å²) in [6.07, 6.45) is 0.535. The third-order valence-electron chi connectivity index (χ3n) is 3.14. The molecule has 0 radical (unpaired) electrons. The van der Waals surface area contributed by atoms with Crippen LogP contribution < -0.4 is 4.74 Å². The fourth-order valence-corrected chi connectivity index (χ4v) is 2.88. The Kier molecular flexibility index (Phi) is 4.27. The van der Waals surface area contributed by atoms with Crippen LogP contribution >= 0.6 is 15.9 Å². The van der Waals surface area contributed by atoms with Crippen molar-refractivity contribution in [1.82, 2.24) is 0 Å². The van der Waals surface area contributed by atoms with Gasteiger partial charge in [-0.3, -0.25) is 0 Å². The van der Waals surface area contributed by atoms with Gasteiger partial charge >= 0.3 is 0 Å². The minimum atomic E-state index is -0.924. The van der Waals surface area contributed by atoms with Crippen molar-refractivity contribution in [3.05, 3.63) is 64.1 Å². The van der Waals surface area contributed by atoms with Crippen LogP contribution in [0.3, 0.4) is 0 Å². The van der Waals surface area contributed by atoms with E-state index in [2.05, 4.69) is 15.9 Å². The lowest BCUT2D eigenvalue weighted by atomic mass is 9.89. The number of halogens is 1. The molecule has 19 heavy (non-hydrogen) atoms. The minimum absolute atomic E-state index is 0.535. The Balaban J connectivity index is 2.28. The van der Waals surface area contributed by atoms with Crippen LogP contribution in [-0.2, 0) is 12.0 Å². The predicted octanol–water partition coefficient (Wildman–Crippen LogP) is 3.91. The lowest BCUT2D eigenvalue weighted by molar-refractivity contribution is 0.0568. The van der Waals surface area contributed by atoms with Crippen molar-refractivity contribution in [2.45, 2.75) is 18.9 Å². The first-order valence-electron chi connectivity index (χ1n) is 6.13. The van der Waals surface area contributed by atoms with Crippen molar-refractivity contribution >= 4 is 15.9 Å². The molecule has 3 heteroatoms. The van der Waals surface area contributed by atoms with Gasteiger partial charge in [0.2, 0.25) is 0 Å². The highest BCUT2D eigenvalue weighted by Crippen LogP contribution is 2.31. The molecule has 2 aromatic rings. The van der Waals surface area contributed by atoms with Crippen molar-refractivity contribution < 1.29 is 9.84 Å². The summed E-state index contributed by atoms with van der Waals surface area (Å²) in [5.74, 6) is 0.806. The van der Waals surface area contributed by atoms with Gasteiger partial charge in [-0.05, 0) is 36.2 Å². The number of ether oxygens (including phenoxy) is 1. The molecule has 0 saturated carbocycles. The summed E-state index contributed by atoms with van der Waals surface area (Å²) in [6, 6.07) is 15.5. The van der Waals surface area contributed by atoms with Crippen molar-refractivity contribution in [3.8, 4) is 5.75 Å². The molecular weight excluding hydrogens is 304 g/mol. The summed E-state index contributed by atoms with van der Waals surface area (Å²) in [5, 5.41) is 10.7. The van der Waals surface area contributed by atoms with E-state index >= 15 is 0 Å². The predicted molar refractivity (Wildman–Crippen MR) is 80.4 cm³/mol. The van der Waals surface area contributed by atoms with E-state index in [1.807, 2.05) is 55.5 Å². The lowest BCUT2D eigenvalue weighted by Crippen LogP contribution is -2.24. The van der Waals surface area contributed by atoms with E-state index in [4.69, 9.17) is 4.74 Å². The Morgan fingerprint density at radius 1 is 1.16 bits per heavy atom. The molecule has 2 nitrogen and oxygen atoms in total. The molecular formula is C16H17BrO2. The second kappa shape index (κ2) is 5.76. The van der Waals surface area contributed by atoms with Crippen LogP contribution in [0.25, 0.3) is 0 Å². The third-order valence-corrected chi connectivity index (χ3v) is 3.83. The summed E-state index contributed by atoms with van der Waals surface area (Å²) >= 11 is 3.49. The molecule has 0 amide bonds. The van der Waals surface area contributed by atoms with Gasteiger partial charge < -0.3 is 9.84 Å². The van der Waals surface area contributed by atoms with E-state index < -0.39 is 5.60 Å². The van der Waals surface area contributed by atoms with Gasteiger partial charge in [-0.1, -0.05) is 46.3 Å². The maximum atomic E-state index is 10.7. The van der Waals surface area contributed by atoms with Crippen molar-refractivity contribution in [3.63, 3.8) is 0 Å². The van der Waals surface area contributed by atoms with E-state index in [1.54, 1.807) is 7.11 Å².